The van der Waals surface area contributed by atoms with Gasteiger partial charge in [-0.2, -0.15) is 5.10 Å². The molecule has 0 aliphatic rings. The van der Waals surface area contributed by atoms with Gasteiger partial charge >= 0.3 is 0 Å². The standard InChI is InChI=1S/C15H19N3O/c1-13(14-6-3-2-4-7-14)12-16-15(19)8-11-18-10-5-9-17-18/h2-7,9-10,13H,8,11-12H2,1H3,(H,16,19)/t13-/m0/s1. The molecule has 0 bridgehead atoms. The van der Waals surface area contributed by atoms with Crippen LogP contribution in [0, 0.1) is 0 Å². The molecule has 1 aromatic heterocycles. The number of hydrogen-bond donors (Lipinski definition) is 1. The summed E-state index contributed by atoms with van der Waals surface area (Å²) in [7, 11) is 0. The molecule has 1 atom stereocenters. The molecule has 0 saturated heterocycles. The van der Waals surface area contributed by atoms with Crippen molar-refractivity contribution in [1.82, 2.24) is 15.1 Å². The molecule has 0 aliphatic carbocycles. The van der Waals surface area contributed by atoms with E-state index >= 15 is 0 Å². The molecule has 4 heteroatoms. The number of hydrogen-bond acceptors (Lipinski definition) is 2. The summed E-state index contributed by atoms with van der Waals surface area (Å²) >= 11 is 0. The average molecular weight is 257 g/mol. The Morgan fingerprint density at radius 1 is 1.32 bits per heavy atom. The van der Waals surface area contributed by atoms with E-state index in [9.17, 15) is 4.79 Å². The van der Waals surface area contributed by atoms with Crippen molar-refractivity contribution in [3.63, 3.8) is 0 Å². The Kier molecular flexibility index (Phi) is 4.72. The number of amides is 1. The summed E-state index contributed by atoms with van der Waals surface area (Å²) in [4.78, 5) is 11.7. The molecule has 4 nitrogen and oxygen atoms in total. The van der Waals surface area contributed by atoms with Crippen LogP contribution in [0.5, 0.6) is 0 Å². The summed E-state index contributed by atoms with van der Waals surface area (Å²) in [6, 6.07) is 12.1. The number of carbonyl (C=O) groups is 1. The molecule has 0 aliphatic heterocycles. The van der Waals surface area contributed by atoms with Crippen molar-refractivity contribution in [3.05, 3.63) is 54.4 Å². The lowest BCUT2D eigenvalue weighted by Gasteiger charge is -2.13. The fraction of sp³-hybridized carbons (Fsp3) is 0.333. The highest BCUT2D eigenvalue weighted by atomic mass is 16.1. The smallest absolute Gasteiger partial charge is 0.221 e. The number of rotatable bonds is 6. The van der Waals surface area contributed by atoms with Crippen LogP contribution in [-0.2, 0) is 11.3 Å². The van der Waals surface area contributed by atoms with E-state index in [1.807, 2.05) is 30.5 Å². The van der Waals surface area contributed by atoms with Gasteiger partial charge in [0.25, 0.3) is 0 Å². The second-order valence-corrected chi connectivity index (χ2v) is 4.63. The molecular weight excluding hydrogens is 238 g/mol. The molecule has 2 aromatic rings. The molecule has 1 aromatic carbocycles. The minimum Gasteiger partial charge on any atom is -0.355 e. The van der Waals surface area contributed by atoms with E-state index in [2.05, 4.69) is 29.5 Å². The zero-order valence-electron chi connectivity index (χ0n) is 11.1. The molecule has 19 heavy (non-hydrogen) atoms. The largest absolute Gasteiger partial charge is 0.355 e. The molecule has 1 N–H and O–H groups in total. The Labute approximate surface area is 113 Å². The predicted octanol–water partition coefficient (Wildman–Crippen LogP) is 2.19. The van der Waals surface area contributed by atoms with Gasteiger partial charge in [-0.3, -0.25) is 9.48 Å². The first kappa shape index (κ1) is 13.3. The number of aryl methyl sites for hydroxylation is 1. The number of benzene rings is 1. The first-order chi connectivity index (χ1) is 9.25. The minimum atomic E-state index is 0.0679. The van der Waals surface area contributed by atoms with Gasteiger partial charge in [0.1, 0.15) is 0 Å². The third kappa shape index (κ3) is 4.25. The van der Waals surface area contributed by atoms with Gasteiger partial charge in [-0.05, 0) is 17.5 Å². The van der Waals surface area contributed by atoms with E-state index in [0.717, 1.165) is 0 Å². The van der Waals surface area contributed by atoms with Crippen LogP contribution < -0.4 is 5.32 Å². The SMILES string of the molecule is C[C@@H](CNC(=O)CCn1cccn1)c1ccccc1. The van der Waals surface area contributed by atoms with Crippen molar-refractivity contribution in [2.75, 3.05) is 6.54 Å². The van der Waals surface area contributed by atoms with Gasteiger partial charge in [0.15, 0.2) is 0 Å². The Hall–Kier alpha value is -2.10. The zero-order valence-corrected chi connectivity index (χ0v) is 11.1. The summed E-state index contributed by atoms with van der Waals surface area (Å²) in [5.41, 5.74) is 1.25. The number of aromatic nitrogens is 2. The maximum atomic E-state index is 11.7. The molecule has 1 heterocycles. The molecule has 0 radical (unpaired) electrons. The van der Waals surface area contributed by atoms with E-state index in [4.69, 9.17) is 0 Å². The third-order valence-corrected chi connectivity index (χ3v) is 3.10. The van der Waals surface area contributed by atoms with Crippen molar-refractivity contribution >= 4 is 5.91 Å². The molecule has 0 saturated carbocycles. The molecule has 0 spiro atoms. The van der Waals surface area contributed by atoms with E-state index in [0.29, 0.717) is 25.4 Å². The van der Waals surface area contributed by atoms with Crippen LogP contribution in [0.3, 0.4) is 0 Å². The van der Waals surface area contributed by atoms with Crippen LogP contribution in [0.1, 0.15) is 24.8 Å². The molecule has 0 fully saturated rings. The van der Waals surface area contributed by atoms with Crippen LogP contribution in [0.4, 0.5) is 0 Å². The number of nitrogens with zero attached hydrogens (tertiary/aromatic N) is 2. The first-order valence-corrected chi connectivity index (χ1v) is 6.55. The summed E-state index contributed by atoms with van der Waals surface area (Å²) in [6.07, 6.45) is 4.04. The van der Waals surface area contributed by atoms with Gasteiger partial charge in [0, 0.05) is 31.9 Å². The maximum absolute atomic E-state index is 11.7. The Balaban J connectivity index is 1.71. The highest BCUT2D eigenvalue weighted by Gasteiger charge is 2.07. The zero-order chi connectivity index (χ0) is 13.5. The van der Waals surface area contributed by atoms with Gasteiger partial charge in [-0.25, -0.2) is 0 Å². The topological polar surface area (TPSA) is 46.9 Å². The fourth-order valence-corrected chi connectivity index (χ4v) is 1.90. The Morgan fingerprint density at radius 2 is 2.11 bits per heavy atom. The van der Waals surface area contributed by atoms with E-state index < -0.39 is 0 Å². The minimum absolute atomic E-state index is 0.0679. The highest BCUT2D eigenvalue weighted by Crippen LogP contribution is 2.12. The second kappa shape index (κ2) is 6.73. The molecule has 0 unspecified atom stereocenters. The van der Waals surface area contributed by atoms with Crippen molar-refractivity contribution in [2.45, 2.75) is 25.8 Å². The fourth-order valence-electron chi connectivity index (χ4n) is 1.90. The molecule has 100 valence electrons. The number of carbonyl (C=O) groups excluding carboxylic acids is 1. The summed E-state index contributed by atoms with van der Waals surface area (Å²) < 4.78 is 1.76. The first-order valence-electron chi connectivity index (χ1n) is 6.55. The molecule has 1 amide bonds. The maximum Gasteiger partial charge on any atom is 0.221 e. The Bertz CT molecular complexity index is 493. The van der Waals surface area contributed by atoms with E-state index in [-0.39, 0.29) is 5.91 Å². The normalized spacial score (nSPS) is 12.1. The van der Waals surface area contributed by atoms with Gasteiger partial charge < -0.3 is 5.32 Å². The number of nitrogens with one attached hydrogen (secondary N) is 1. The monoisotopic (exact) mass is 257 g/mol. The lowest BCUT2D eigenvalue weighted by Crippen LogP contribution is -2.28. The third-order valence-electron chi connectivity index (χ3n) is 3.10. The van der Waals surface area contributed by atoms with Gasteiger partial charge in [-0.15, -0.1) is 0 Å². The van der Waals surface area contributed by atoms with E-state index in [1.165, 1.54) is 5.56 Å². The Morgan fingerprint density at radius 3 is 2.79 bits per heavy atom. The van der Waals surface area contributed by atoms with Crippen LogP contribution in [-0.4, -0.2) is 22.2 Å². The van der Waals surface area contributed by atoms with Crippen molar-refractivity contribution < 1.29 is 4.79 Å². The quantitative estimate of drug-likeness (QED) is 0.862. The summed E-state index contributed by atoms with van der Waals surface area (Å²) in [5, 5.41) is 7.03. The van der Waals surface area contributed by atoms with Gasteiger partial charge in [-0.1, -0.05) is 37.3 Å². The summed E-state index contributed by atoms with van der Waals surface area (Å²) in [5.74, 6) is 0.396. The van der Waals surface area contributed by atoms with Crippen molar-refractivity contribution in [2.24, 2.45) is 0 Å². The van der Waals surface area contributed by atoms with Gasteiger partial charge in [0.2, 0.25) is 5.91 Å². The molecular formula is C15H19N3O. The van der Waals surface area contributed by atoms with Crippen LogP contribution in [0.25, 0.3) is 0 Å². The predicted molar refractivity (Wildman–Crippen MR) is 74.7 cm³/mol. The average Bonchev–Trinajstić information content (AvgIpc) is 2.96. The lowest BCUT2D eigenvalue weighted by molar-refractivity contribution is -0.121. The van der Waals surface area contributed by atoms with Gasteiger partial charge in [0.05, 0.1) is 0 Å². The van der Waals surface area contributed by atoms with Crippen LogP contribution in [0.15, 0.2) is 48.8 Å². The molecule has 2 rings (SSSR count). The van der Waals surface area contributed by atoms with E-state index in [1.54, 1.807) is 10.9 Å². The summed E-state index contributed by atoms with van der Waals surface area (Å²) in [6.45, 7) is 3.41. The van der Waals surface area contributed by atoms with Crippen LogP contribution in [0.2, 0.25) is 0 Å². The van der Waals surface area contributed by atoms with Crippen molar-refractivity contribution in [1.29, 1.82) is 0 Å². The van der Waals surface area contributed by atoms with Crippen molar-refractivity contribution in [3.8, 4) is 0 Å². The second-order valence-electron chi connectivity index (χ2n) is 4.63. The highest BCUT2D eigenvalue weighted by molar-refractivity contribution is 5.75. The van der Waals surface area contributed by atoms with Crippen LogP contribution >= 0.6 is 0 Å². The lowest BCUT2D eigenvalue weighted by atomic mass is 10.0.